The van der Waals surface area contributed by atoms with Gasteiger partial charge in [0, 0.05) is 23.1 Å². The third kappa shape index (κ3) is 4.01. The zero-order valence-corrected chi connectivity index (χ0v) is 15.2. The number of benzene rings is 2. The second-order valence-corrected chi connectivity index (χ2v) is 6.45. The van der Waals surface area contributed by atoms with Crippen LogP contribution in [0.25, 0.3) is 27.8 Å². The molecular formula is C22H17BrN2. The zero-order chi connectivity index (χ0) is 17.6. The summed E-state index contributed by atoms with van der Waals surface area (Å²) >= 11 is 3.54. The van der Waals surface area contributed by atoms with Crippen molar-refractivity contribution in [3.63, 3.8) is 0 Å². The number of nitrogens with zero attached hydrogens (tertiary/aromatic N) is 1. The Morgan fingerprint density at radius 3 is 2.28 bits per heavy atom. The minimum absolute atomic E-state index is 0.919. The molecule has 122 valence electrons. The third-order valence-electron chi connectivity index (χ3n) is 3.92. The molecule has 0 radical (unpaired) electrons. The highest BCUT2D eigenvalue weighted by atomic mass is 79.9. The van der Waals surface area contributed by atoms with Crippen molar-refractivity contribution in [1.29, 1.82) is 5.41 Å². The molecule has 2 nitrogen and oxygen atoms in total. The van der Waals surface area contributed by atoms with Gasteiger partial charge in [-0.25, -0.2) is 0 Å². The molecule has 3 rings (SSSR count). The summed E-state index contributed by atoms with van der Waals surface area (Å²) in [7, 11) is 0. The molecule has 0 saturated carbocycles. The molecule has 1 heterocycles. The Hall–Kier alpha value is -2.78. The summed E-state index contributed by atoms with van der Waals surface area (Å²) in [4.78, 5) is 4.10. The molecule has 1 N–H and O–H groups in total. The van der Waals surface area contributed by atoms with Gasteiger partial charge in [-0.2, -0.15) is 0 Å². The van der Waals surface area contributed by atoms with E-state index >= 15 is 0 Å². The lowest BCUT2D eigenvalue weighted by Gasteiger charge is -2.11. The van der Waals surface area contributed by atoms with E-state index < -0.39 is 0 Å². The summed E-state index contributed by atoms with van der Waals surface area (Å²) in [6.07, 6.45) is 8.41. The van der Waals surface area contributed by atoms with Crippen molar-refractivity contribution < 1.29 is 0 Å². The first-order chi connectivity index (χ1) is 12.2. The normalized spacial score (nSPS) is 11.2. The maximum Gasteiger partial charge on any atom is 0.0273 e. The molecule has 25 heavy (non-hydrogen) atoms. The topological polar surface area (TPSA) is 36.7 Å². The van der Waals surface area contributed by atoms with Crippen LogP contribution in [0.5, 0.6) is 0 Å². The molecule has 3 heteroatoms. The minimum atomic E-state index is 0.919. The van der Waals surface area contributed by atoms with Gasteiger partial charge in [0.1, 0.15) is 0 Å². The van der Waals surface area contributed by atoms with E-state index in [1.165, 1.54) is 6.21 Å². The fourth-order valence-electron chi connectivity index (χ4n) is 2.71. The van der Waals surface area contributed by atoms with Gasteiger partial charge < -0.3 is 5.41 Å². The van der Waals surface area contributed by atoms with Gasteiger partial charge in [-0.1, -0.05) is 40.7 Å². The van der Waals surface area contributed by atoms with Crippen molar-refractivity contribution in [2.24, 2.45) is 0 Å². The van der Waals surface area contributed by atoms with E-state index in [0.29, 0.717) is 0 Å². The molecule has 0 atom stereocenters. The van der Waals surface area contributed by atoms with E-state index in [4.69, 9.17) is 5.41 Å². The first kappa shape index (κ1) is 17.1. The summed E-state index contributed by atoms with van der Waals surface area (Å²) < 4.78 is 1.04. The molecule has 0 aliphatic heterocycles. The van der Waals surface area contributed by atoms with E-state index in [1.54, 1.807) is 24.5 Å². The van der Waals surface area contributed by atoms with Crippen LogP contribution in [0.3, 0.4) is 0 Å². The number of aromatic nitrogens is 1. The van der Waals surface area contributed by atoms with Crippen LogP contribution in [-0.2, 0) is 0 Å². The molecule has 0 spiro atoms. The van der Waals surface area contributed by atoms with Gasteiger partial charge in [-0.05, 0) is 81.9 Å². The second kappa shape index (κ2) is 7.86. The fourth-order valence-corrected chi connectivity index (χ4v) is 3.11. The third-order valence-corrected chi connectivity index (χ3v) is 4.41. The second-order valence-electron chi connectivity index (χ2n) is 5.54. The number of halogens is 1. The van der Waals surface area contributed by atoms with Crippen LogP contribution in [0.2, 0.25) is 0 Å². The zero-order valence-electron chi connectivity index (χ0n) is 13.6. The van der Waals surface area contributed by atoms with E-state index in [2.05, 4.69) is 57.8 Å². The Morgan fingerprint density at radius 2 is 1.64 bits per heavy atom. The molecule has 0 fully saturated rings. The monoisotopic (exact) mass is 388 g/mol. The van der Waals surface area contributed by atoms with Gasteiger partial charge in [-0.3, -0.25) is 4.98 Å². The Labute approximate surface area is 156 Å². The number of hydrogen-bond acceptors (Lipinski definition) is 2. The lowest BCUT2D eigenvalue weighted by Crippen LogP contribution is -1.89. The lowest BCUT2D eigenvalue weighted by molar-refractivity contribution is 1.33. The van der Waals surface area contributed by atoms with Gasteiger partial charge in [0.05, 0.1) is 0 Å². The van der Waals surface area contributed by atoms with Crippen LogP contribution in [0.4, 0.5) is 0 Å². The average molecular weight is 389 g/mol. The van der Waals surface area contributed by atoms with E-state index in [9.17, 15) is 0 Å². The maximum absolute atomic E-state index is 7.39. The van der Waals surface area contributed by atoms with Crippen molar-refractivity contribution >= 4 is 27.7 Å². The quantitative estimate of drug-likeness (QED) is 0.398. The minimum Gasteiger partial charge on any atom is -0.309 e. The predicted octanol–water partition coefficient (Wildman–Crippen LogP) is 6.40. The predicted molar refractivity (Wildman–Crippen MR) is 110 cm³/mol. The van der Waals surface area contributed by atoms with E-state index in [0.717, 1.165) is 37.9 Å². The molecule has 0 unspecified atom stereocenters. The van der Waals surface area contributed by atoms with Crippen molar-refractivity contribution in [2.45, 2.75) is 0 Å². The number of pyridine rings is 1. The Bertz CT molecular complexity index is 943. The molecule has 0 aliphatic rings. The highest BCUT2D eigenvalue weighted by molar-refractivity contribution is 9.10. The number of nitrogens with one attached hydrogen (secondary N) is 1. The Morgan fingerprint density at radius 1 is 0.920 bits per heavy atom. The van der Waals surface area contributed by atoms with Gasteiger partial charge in [0.2, 0.25) is 0 Å². The van der Waals surface area contributed by atoms with Crippen molar-refractivity contribution in [2.75, 3.05) is 0 Å². The van der Waals surface area contributed by atoms with Crippen LogP contribution in [-0.4, -0.2) is 11.2 Å². The molecule has 0 amide bonds. The number of hydrogen-bond donors (Lipinski definition) is 1. The highest BCUT2D eigenvalue weighted by Gasteiger charge is 2.08. The van der Waals surface area contributed by atoms with Crippen LogP contribution >= 0.6 is 15.9 Å². The molecule has 0 aliphatic carbocycles. The molecular weight excluding hydrogens is 372 g/mol. The van der Waals surface area contributed by atoms with Crippen LogP contribution in [0.1, 0.15) is 5.56 Å². The van der Waals surface area contributed by atoms with Crippen molar-refractivity contribution in [3.05, 3.63) is 95.8 Å². The van der Waals surface area contributed by atoms with Gasteiger partial charge in [0.25, 0.3) is 0 Å². The molecule has 1 aromatic heterocycles. The van der Waals surface area contributed by atoms with Gasteiger partial charge >= 0.3 is 0 Å². The molecule has 0 saturated heterocycles. The van der Waals surface area contributed by atoms with Crippen molar-refractivity contribution in [1.82, 2.24) is 4.98 Å². The van der Waals surface area contributed by atoms with Crippen LogP contribution in [0, 0.1) is 5.41 Å². The fraction of sp³-hybridized carbons (Fsp3) is 0. The Kier molecular flexibility index (Phi) is 5.36. The standard InChI is InChI=1S/C22H17BrN2/c1-2-16(6-9-24)19-12-20(17-7-10-25-11-8-17)14-21(13-19)18-4-3-5-22(23)15-18/h2-15,24H,1H2/b16-6+,24-9?. The van der Waals surface area contributed by atoms with Gasteiger partial charge in [0.15, 0.2) is 0 Å². The first-order valence-electron chi connectivity index (χ1n) is 7.86. The summed E-state index contributed by atoms with van der Waals surface area (Å²) in [6.45, 7) is 3.89. The first-order valence-corrected chi connectivity index (χ1v) is 8.65. The highest BCUT2D eigenvalue weighted by Crippen LogP contribution is 2.32. The van der Waals surface area contributed by atoms with Crippen LogP contribution < -0.4 is 0 Å². The van der Waals surface area contributed by atoms with Gasteiger partial charge in [-0.15, -0.1) is 0 Å². The van der Waals surface area contributed by atoms with Crippen molar-refractivity contribution in [3.8, 4) is 22.3 Å². The summed E-state index contributed by atoms with van der Waals surface area (Å²) in [5.74, 6) is 0. The average Bonchev–Trinajstić information content (AvgIpc) is 2.66. The SMILES string of the molecule is C=C/C(=C\C=N)c1cc(-c2ccncc2)cc(-c2cccc(Br)c2)c1. The summed E-state index contributed by atoms with van der Waals surface area (Å²) in [5.41, 5.74) is 6.40. The smallest absolute Gasteiger partial charge is 0.0273 e. The Balaban J connectivity index is 2.23. The van der Waals surface area contributed by atoms with E-state index in [-0.39, 0.29) is 0 Å². The summed E-state index contributed by atoms with van der Waals surface area (Å²) in [6, 6.07) is 18.7. The van der Waals surface area contributed by atoms with E-state index in [1.807, 2.05) is 24.3 Å². The molecule has 3 aromatic rings. The summed E-state index contributed by atoms with van der Waals surface area (Å²) in [5, 5.41) is 7.39. The largest absolute Gasteiger partial charge is 0.309 e. The number of allylic oxidation sites excluding steroid dienone is 3. The number of rotatable bonds is 5. The maximum atomic E-state index is 7.39. The lowest BCUT2D eigenvalue weighted by atomic mass is 9.93. The van der Waals surface area contributed by atoms with Crippen LogP contribution in [0.15, 0.2) is 90.2 Å². The molecule has 2 aromatic carbocycles. The molecule has 0 bridgehead atoms.